The van der Waals surface area contributed by atoms with E-state index in [-0.39, 0.29) is 35.4 Å². The van der Waals surface area contributed by atoms with Gasteiger partial charge in [0.25, 0.3) is 5.91 Å². The molecule has 0 fully saturated rings. The number of nitrogens with one attached hydrogen (secondary N) is 3. The van der Waals surface area contributed by atoms with Gasteiger partial charge in [-0.25, -0.2) is 17.5 Å². The van der Waals surface area contributed by atoms with Crippen molar-refractivity contribution in [3.8, 4) is 0 Å². The summed E-state index contributed by atoms with van der Waals surface area (Å²) >= 11 is 0. The summed E-state index contributed by atoms with van der Waals surface area (Å²) in [6.45, 7) is 3.28. The van der Waals surface area contributed by atoms with Crippen LogP contribution in [0.4, 0.5) is 10.1 Å². The molecule has 0 saturated carbocycles. The van der Waals surface area contributed by atoms with Crippen LogP contribution in [0.15, 0.2) is 47.4 Å². The molecule has 0 saturated heterocycles. The highest BCUT2D eigenvalue weighted by atomic mass is 32.2. The van der Waals surface area contributed by atoms with Crippen LogP contribution in [-0.2, 0) is 14.8 Å². The Morgan fingerprint density at radius 2 is 1.71 bits per heavy atom. The third-order valence-corrected chi connectivity index (χ3v) is 5.35. The van der Waals surface area contributed by atoms with Gasteiger partial charge in [0, 0.05) is 30.8 Å². The second-order valence-corrected chi connectivity index (χ2v) is 7.81. The second-order valence-electron chi connectivity index (χ2n) is 6.04. The van der Waals surface area contributed by atoms with Crippen LogP contribution in [0.25, 0.3) is 0 Å². The maximum absolute atomic E-state index is 13.3. The van der Waals surface area contributed by atoms with Gasteiger partial charge < -0.3 is 10.6 Å². The molecule has 150 valence electrons. The van der Waals surface area contributed by atoms with E-state index < -0.39 is 15.8 Å². The summed E-state index contributed by atoms with van der Waals surface area (Å²) in [5, 5.41) is 5.28. The maximum Gasteiger partial charge on any atom is 0.251 e. The van der Waals surface area contributed by atoms with E-state index in [0.29, 0.717) is 17.7 Å². The number of amides is 2. The van der Waals surface area contributed by atoms with Gasteiger partial charge >= 0.3 is 0 Å². The summed E-state index contributed by atoms with van der Waals surface area (Å²) in [5.41, 5.74) is 1.20. The minimum Gasteiger partial charge on any atom is -0.351 e. The Morgan fingerprint density at radius 1 is 1.04 bits per heavy atom. The first-order chi connectivity index (χ1) is 13.2. The molecule has 2 rings (SSSR count). The van der Waals surface area contributed by atoms with E-state index in [1.807, 2.05) is 0 Å². The average molecular weight is 407 g/mol. The highest BCUT2D eigenvalue weighted by Crippen LogP contribution is 2.14. The Hall–Kier alpha value is -2.78. The van der Waals surface area contributed by atoms with Crippen molar-refractivity contribution < 1.29 is 22.4 Å². The second kappa shape index (κ2) is 9.43. The fraction of sp³-hybridized carbons (Fsp3) is 0.263. The summed E-state index contributed by atoms with van der Waals surface area (Å²) in [7, 11) is -3.79. The van der Waals surface area contributed by atoms with Gasteiger partial charge in [0.1, 0.15) is 5.82 Å². The van der Waals surface area contributed by atoms with E-state index in [1.165, 1.54) is 19.1 Å². The van der Waals surface area contributed by atoms with Crippen LogP contribution in [0, 0.1) is 12.7 Å². The van der Waals surface area contributed by atoms with E-state index >= 15 is 0 Å². The molecule has 0 bridgehead atoms. The highest BCUT2D eigenvalue weighted by Gasteiger charge is 2.15. The topological polar surface area (TPSA) is 104 Å². The molecule has 9 heteroatoms. The molecular weight excluding hydrogens is 385 g/mol. The highest BCUT2D eigenvalue weighted by molar-refractivity contribution is 7.89. The molecule has 0 aliphatic carbocycles. The van der Waals surface area contributed by atoms with Crippen molar-refractivity contribution in [2.45, 2.75) is 25.2 Å². The van der Waals surface area contributed by atoms with Gasteiger partial charge in [0.2, 0.25) is 15.9 Å². The van der Waals surface area contributed by atoms with Gasteiger partial charge in [-0.05, 0) is 55.0 Å². The van der Waals surface area contributed by atoms with Crippen molar-refractivity contribution >= 4 is 27.5 Å². The molecule has 0 heterocycles. The number of aryl methyl sites for hydroxylation is 1. The molecule has 3 N–H and O–H groups in total. The van der Waals surface area contributed by atoms with Crippen LogP contribution in [-0.4, -0.2) is 33.3 Å². The third kappa shape index (κ3) is 5.86. The number of hydrogen-bond donors (Lipinski definition) is 3. The monoisotopic (exact) mass is 407 g/mol. The first-order valence-corrected chi connectivity index (χ1v) is 10.1. The van der Waals surface area contributed by atoms with Gasteiger partial charge in [0.15, 0.2) is 0 Å². The Kier molecular flexibility index (Phi) is 7.24. The molecule has 2 aromatic rings. The van der Waals surface area contributed by atoms with Crippen LogP contribution in [0.1, 0.15) is 29.3 Å². The fourth-order valence-corrected chi connectivity index (χ4v) is 3.40. The number of anilines is 1. The molecular formula is C19H22FN3O4S. The molecule has 2 aromatic carbocycles. The van der Waals surface area contributed by atoms with E-state index in [0.717, 1.165) is 6.07 Å². The average Bonchev–Trinajstić information content (AvgIpc) is 2.67. The Bertz CT molecular complexity index is 960. The molecule has 2 amide bonds. The van der Waals surface area contributed by atoms with Crippen molar-refractivity contribution in [3.63, 3.8) is 0 Å². The normalized spacial score (nSPS) is 11.1. The summed E-state index contributed by atoms with van der Waals surface area (Å²) in [5.74, 6) is -0.975. The van der Waals surface area contributed by atoms with Gasteiger partial charge in [-0.15, -0.1) is 0 Å². The maximum atomic E-state index is 13.3. The predicted molar refractivity (Wildman–Crippen MR) is 104 cm³/mol. The molecule has 0 aliphatic heterocycles. The van der Waals surface area contributed by atoms with Crippen molar-refractivity contribution in [1.29, 1.82) is 0 Å². The molecule has 0 spiro atoms. The number of rotatable bonds is 8. The minimum atomic E-state index is -3.79. The lowest BCUT2D eigenvalue weighted by molar-refractivity contribution is -0.115. The molecule has 0 radical (unpaired) electrons. The number of hydrogen-bond acceptors (Lipinski definition) is 4. The lowest BCUT2D eigenvalue weighted by Crippen LogP contribution is -2.34. The number of carbonyl (C=O) groups excluding carboxylic acids is 2. The van der Waals surface area contributed by atoms with Crippen LogP contribution in [0.3, 0.4) is 0 Å². The molecule has 0 atom stereocenters. The fourth-order valence-electron chi connectivity index (χ4n) is 2.29. The van der Waals surface area contributed by atoms with Crippen molar-refractivity contribution in [2.75, 3.05) is 18.4 Å². The summed E-state index contributed by atoms with van der Waals surface area (Å²) in [6.07, 6.45) is 0.357. The molecule has 0 aliphatic rings. The zero-order valence-corrected chi connectivity index (χ0v) is 16.4. The Balaban J connectivity index is 1.84. The molecule has 0 unspecified atom stereocenters. The first-order valence-electron chi connectivity index (χ1n) is 8.67. The smallest absolute Gasteiger partial charge is 0.251 e. The van der Waals surface area contributed by atoms with Gasteiger partial charge in [-0.2, -0.15) is 0 Å². The lowest BCUT2D eigenvalue weighted by Gasteiger charge is -2.09. The number of sulfonamides is 1. The third-order valence-electron chi connectivity index (χ3n) is 3.89. The zero-order chi connectivity index (χ0) is 20.7. The summed E-state index contributed by atoms with van der Waals surface area (Å²) in [6, 6.07) is 9.87. The quantitative estimate of drug-likeness (QED) is 0.584. The van der Waals surface area contributed by atoms with E-state index in [2.05, 4.69) is 15.4 Å². The van der Waals surface area contributed by atoms with E-state index in [4.69, 9.17) is 0 Å². The summed E-state index contributed by atoms with van der Waals surface area (Å²) < 4.78 is 40.0. The van der Waals surface area contributed by atoms with Gasteiger partial charge in [-0.1, -0.05) is 6.92 Å². The van der Waals surface area contributed by atoms with E-state index in [9.17, 15) is 22.4 Å². The van der Waals surface area contributed by atoms with Crippen molar-refractivity contribution in [2.24, 2.45) is 0 Å². The largest absolute Gasteiger partial charge is 0.351 e. The Morgan fingerprint density at radius 3 is 2.32 bits per heavy atom. The van der Waals surface area contributed by atoms with Gasteiger partial charge in [0.05, 0.1) is 4.90 Å². The Labute approximate surface area is 163 Å². The lowest BCUT2D eigenvalue weighted by atomic mass is 10.2. The van der Waals surface area contributed by atoms with E-state index in [1.54, 1.807) is 31.2 Å². The molecule has 28 heavy (non-hydrogen) atoms. The predicted octanol–water partition coefficient (Wildman–Crippen LogP) is 2.19. The SMILES string of the molecule is CCC(=O)Nc1ccc(C(=O)NCCNS(=O)(=O)c2ccc(F)c(C)c2)cc1. The van der Waals surface area contributed by atoms with Crippen LogP contribution in [0.5, 0.6) is 0 Å². The van der Waals surface area contributed by atoms with Gasteiger partial charge in [-0.3, -0.25) is 9.59 Å². The number of carbonyl (C=O) groups is 2. The first kappa shape index (κ1) is 21.5. The van der Waals surface area contributed by atoms with Crippen molar-refractivity contribution in [1.82, 2.24) is 10.0 Å². The van der Waals surface area contributed by atoms with Crippen LogP contribution < -0.4 is 15.4 Å². The minimum absolute atomic E-state index is 0.0187. The van der Waals surface area contributed by atoms with Crippen LogP contribution >= 0.6 is 0 Å². The van der Waals surface area contributed by atoms with Crippen molar-refractivity contribution in [3.05, 3.63) is 59.4 Å². The number of halogens is 1. The number of benzene rings is 2. The molecule has 7 nitrogen and oxygen atoms in total. The summed E-state index contributed by atoms with van der Waals surface area (Å²) in [4.78, 5) is 23.4. The molecule has 0 aromatic heterocycles. The van der Waals surface area contributed by atoms with Crippen LogP contribution in [0.2, 0.25) is 0 Å². The standard InChI is InChI=1S/C19H22FN3O4S/c1-3-18(24)23-15-6-4-14(5-7-15)19(25)21-10-11-22-28(26,27)16-8-9-17(20)13(2)12-16/h4-9,12,22H,3,10-11H2,1-2H3,(H,21,25)(H,23,24). The zero-order valence-electron chi connectivity index (χ0n) is 15.6.